The first-order valence-corrected chi connectivity index (χ1v) is 9.44. The zero-order valence-corrected chi connectivity index (χ0v) is 14.3. The van der Waals surface area contributed by atoms with E-state index in [1.165, 1.54) is 18.6 Å². The van der Waals surface area contributed by atoms with Crippen molar-refractivity contribution < 1.29 is 13.6 Å². The number of aliphatic imine (C=N–C) groups is 1. The van der Waals surface area contributed by atoms with Gasteiger partial charge in [0.2, 0.25) is 0 Å². The third-order valence-corrected chi connectivity index (χ3v) is 7.39. The number of hydrogen-bond acceptors (Lipinski definition) is 4. The molecule has 0 spiro atoms. The zero-order valence-electron chi connectivity index (χ0n) is 13.4. The van der Waals surface area contributed by atoms with E-state index in [0.717, 1.165) is 6.42 Å². The molecule has 2 aliphatic carbocycles. The van der Waals surface area contributed by atoms with Crippen molar-refractivity contribution in [2.24, 2.45) is 21.7 Å². The van der Waals surface area contributed by atoms with Gasteiger partial charge in [-0.2, -0.15) is 0 Å². The third kappa shape index (κ3) is 2.51. The Morgan fingerprint density at radius 2 is 1.85 bits per heavy atom. The van der Waals surface area contributed by atoms with Gasteiger partial charge in [-0.15, -0.1) is 0 Å². The maximum atomic E-state index is 12.5. The fourth-order valence-corrected chi connectivity index (χ4v) is 5.22. The van der Waals surface area contributed by atoms with Gasteiger partial charge in [-0.3, -0.25) is 9.56 Å². The van der Waals surface area contributed by atoms with E-state index >= 15 is 0 Å². The van der Waals surface area contributed by atoms with E-state index in [9.17, 15) is 4.57 Å². The van der Waals surface area contributed by atoms with Crippen LogP contribution in [0.25, 0.3) is 0 Å². The predicted molar refractivity (Wildman–Crippen MR) is 82.4 cm³/mol. The molecule has 0 aromatic carbocycles. The van der Waals surface area contributed by atoms with E-state index < -0.39 is 7.60 Å². The molecule has 2 rings (SSSR count). The number of fused-ring (bicyclic) bond motifs is 2. The van der Waals surface area contributed by atoms with Gasteiger partial charge in [-0.1, -0.05) is 20.8 Å². The quantitative estimate of drug-likeness (QED) is 0.679. The van der Waals surface area contributed by atoms with Crippen LogP contribution >= 0.6 is 7.60 Å². The second-order valence-corrected chi connectivity index (χ2v) is 8.71. The first-order valence-electron chi connectivity index (χ1n) is 7.71. The molecule has 0 saturated heterocycles. The van der Waals surface area contributed by atoms with Crippen LogP contribution in [0.4, 0.5) is 0 Å². The van der Waals surface area contributed by atoms with Crippen molar-refractivity contribution in [3.63, 3.8) is 0 Å². The molecular formula is C15H28NO3P. The Labute approximate surface area is 122 Å². The summed E-state index contributed by atoms with van der Waals surface area (Å²) >= 11 is 0. The summed E-state index contributed by atoms with van der Waals surface area (Å²) in [5.74, 6) is 0.713. The van der Waals surface area contributed by atoms with Gasteiger partial charge in [0.1, 0.15) is 6.29 Å². The Hall–Kier alpha value is -0.180. The molecule has 0 aromatic heterocycles. The Kier molecular flexibility index (Phi) is 4.49. The number of nitrogens with zero attached hydrogens (tertiary/aromatic N) is 1. The van der Waals surface area contributed by atoms with Crippen LogP contribution < -0.4 is 0 Å². The van der Waals surface area contributed by atoms with Gasteiger partial charge in [-0.25, -0.2) is 0 Å². The number of rotatable bonds is 6. The van der Waals surface area contributed by atoms with Crippen molar-refractivity contribution in [2.45, 2.75) is 53.9 Å². The van der Waals surface area contributed by atoms with Crippen LogP contribution in [0, 0.1) is 16.7 Å². The van der Waals surface area contributed by atoms with E-state index in [2.05, 4.69) is 25.8 Å². The molecule has 4 nitrogen and oxygen atoms in total. The average Bonchev–Trinajstić information content (AvgIpc) is 2.69. The molecule has 0 radical (unpaired) electrons. The molecule has 0 unspecified atom stereocenters. The Morgan fingerprint density at radius 3 is 2.25 bits per heavy atom. The minimum atomic E-state index is -3.05. The Balaban J connectivity index is 2.15. The fraction of sp³-hybridized carbons (Fsp3) is 0.933. The molecule has 2 atom stereocenters. The molecule has 0 N–H and O–H groups in total. The average molecular weight is 301 g/mol. The van der Waals surface area contributed by atoms with Crippen molar-refractivity contribution in [1.82, 2.24) is 0 Å². The van der Waals surface area contributed by atoms with Crippen LogP contribution in [0.2, 0.25) is 0 Å². The highest BCUT2D eigenvalue weighted by Gasteiger charge is 2.59. The molecule has 0 amide bonds. The number of hydrogen-bond donors (Lipinski definition) is 0. The summed E-state index contributed by atoms with van der Waals surface area (Å²) in [5, 5.41) is 0. The molecular weight excluding hydrogens is 273 g/mol. The normalized spacial score (nSPS) is 34.0. The van der Waals surface area contributed by atoms with Crippen LogP contribution in [0.1, 0.15) is 53.9 Å². The van der Waals surface area contributed by atoms with Gasteiger partial charge in [0.25, 0.3) is 0 Å². The summed E-state index contributed by atoms with van der Waals surface area (Å²) in [7, 11) is -3.05. The SMILES string of the molecule is CCOP(=O)(CN=C1C[C@H]2CC[C@@]1(C)C2(C)C)OCC. The maximum Gasteiger partial charge on any atom is 0.351 e. The highest BCUT2D eigenvalue weighted by molar-refractivity contribution is 7.53. The van der Waals surface area contributed by atoms with Crippen molar-refractivity contribution in [2.75, 3.05) is 19.5 Å². The summed E-state index contributed by atoms with van der Waals surface area (Å²) in [6.07, 6.45) is 3.69. The van der Waals surface area contributed by atoms with E-state index in [4.69, 9.17) is 9.05 Å². The lowest BCUT2D eigenvalue weighted by molar-refractivity contribution is 0.193. The summed E-state index contributed by atoms with van der Waals surface area (Å²) in [6, 6.07) is 0. The monoisotopic (exact) mass is 301 g/mol. The molecule has 116 valence electrons. The maximum absolute atomic E-state index is 12.5. The van der Waals surface area contributed by atoms with Crippen LogP contribution in [0.3, 0.4) is 0 Å². The smallest absolute Gasteiger partial charge is 0.308 e. The van der Waals surface area contributed by atoms with Crippen LogP contribution in [0.5, 0.6) is 0 Å². The first-order chi connectivity index (χ1) is 9.29. The van der Waals surface area contributed by atoms with Crippen LogP contribution in [-0.2, 0) is 13.6 Å². The van der Waals surface area contributed by atoms with Gasteiger partial charge in [-0.05, 0) is 44.4 Å². The van der Waals surface area contributed by atoms with Crippen molar-refractivity contribution in [3.8, 4) is 0 Å². The van der Waals surface area contributed by atoms with E-state index in [1.807, 2.05) is 13.8 Å². The molecule has 2 aliphatic rings. The third-order valence-electron chi connectivity index (χ3n) is 5.60. The van der Waals surface area contributed by atoms with E-state index in [1.54, 1.807) is 0 Å². The standard InChI is InChI=1S/C15H28NO3P/c1-6-18-20(17,19-7-2)11-16-13-10-12-8-9-15(13,5)14(12,3)4/h12H,6-11H2,1-5H3/t12-,15-/m1/s1. The van der Waals surface area contributed by atoms with E-state index in [0.29, 0.717) is 24.5 Å². The lowest BCUT2D eigenvalue weighted by Gasteiger charge is -2.34. The molecule has 20 heavy (non-hydrogen) atoms. The highest BCUT2D eigenvalue weighted by Crippen LogP contribution is 2.64. The lowest BCUT2D eigenvalue weighted by atomic mass is 9.70. The Morgan fingerprint density at radius 1 is 1.25 bits per heavy atom. The molecule has 0 aliphatic heterocycles. The minimum Gasteiger partial charge on any atom is -0.308 e. The van der Waals surface area contributed by atoms with Crippen molar-refractivity contribution in [1.29, 1.82) is 0 Å². The van der Waals surface area contributed by atoms with E-state index in [-0.39, 0.29) is 11.7 Å². The topological polar surface area (TPSA) is 47.9 Å². The largest absolute Gasteiger partial charge is 0.351 e. The predicted octanol–water partition coefficient (Wildman–Crippen LogP) is 4.50. The van der Waals surface area contributed by atoms with Crippen LogP contribution in [-0.4, -0.2) is 25.2 Å². The summed E-state index contributed by atoms with van der Waals surface area (Å²) < 4.78 is 23.1. The van der Waals surface area contributed by atoms with Gasteiger partial charge >= 0.3 is 7.60 Å². The minimum absolute atomic E-state index is 0.154. The molecule has 0 heterocycles. The van der Waals surface area contributed by atoms with Crippen molar-refractivity contribution in [3.05, 3.63) is 0 Å². The molecule has 2 bridgehead atoms. The van der Waals surface area contributed by atoms with Gasteiger partial charge < -0.3 is 9.05 Å². The molecule has 5 heteroatoms. The van der Waals surface area contributed by atoms with Gasteiger partial charge in [0, 0.05) is 11.1 Å². The highest BCUT2D eigenvalue weighted by atomic mass is 31.2. The van der Waals surface area contributed by atoms with Gasteiger partial charge in [0.15, 0.2) is 0 Å². The molecule has 2 saturated carbocycles. The molecule has 2 fully saturated rings. The fourth-order valence-electron chi connectivity index (χ4n) is 3.85. The summed E-state index contributed by atoms with van der Waals surface area (Å²) in [5.41, 5.74) is 1.67. The van der Waals surface area contributed by atoms with Crippen LogP contribution in [0.15, 0.2) is 4.99 Å². The summed E-state index contributed by atoms with van der Waals surface area (Å²) in [6.45, 7) is 11.5. The Bertz CT molecular complexity index is 436. The first kappa shape index (κ1) is 16.2. The van der Waals surface area contributed by atoms with Crippen molar-refractivity contribution >= 4 is 13.3 Å². The second-order valence-electron chi connectivity index (χ2n) is 6.69. The summed E-state index contributed by atoms with van der Waals surface area (Å²) in [4.78, 5) is 4.69. The second kappa shape index (κ2) is 5.55. The van der Waals surface area contributed by atoms with Gasteiger partial charge in [0.05, 0.1) is 13.2 Å². The molecule has 0 aromatic rings. The zero-order chi connectivity index (χ0) is 15.0. The lowest BCUT2D eigenvalue weighted by Crippen LogP contribution is -2.32.